The molecular formula is C14H22N4OS. The number of fused-ring (bicyclic) bond motifs is 1. The highest BCUT2D eigenvalue weighted by atomic mass is 32.1. The zero-order valence-corrected chi connectivity index (χ0v) is 12.9. The van der Waals surface area contributed by atoms with Crippen molar-refractivity contribution >= 4 is 22.1 Å². The lowest BCUT2D eigenvalue weighted by Gasteiger charge is -2.27. The zero-order valence-electron chi connectivity index (χ0n) is 12.0. The maximum atomic E-state index is 9.30. The molecule has 2 aromatic rings. The van der Waals surface area contributed by atoms with E-state index in [9.17, 15) is 5.11 Å². The highest BCUT2D eigenvalue weighted by molar-refractivity contribution is 7.15. The summed E-state index contributed by atoms with van der Waals surface area (Å²) in [6.45, 7) is 5.90. The SMILES string of the molecule is CC(C)N(CCO)c1nc2sccn2c1CNC1CC1. The number of imidazole rings is 1. The van der Waals surface area contributed by atoms with Gasteiger partial charge in [-0.2, -0.15) is 0 Å². The van der Waals surface area contributed by atoms with Crippen LogP contribution in [0.15, 0.2) is 11.6 Å². The molecule has 1 fully saturated rings. The first-order valence-corrected chi connectivity index (χ1v) is 8.14. The molecule has 0 aliphatic heterocycles. The summed E-state index contributed by atoms with van der Waals surface area (Å²) in [5.74, 6) is 1.01. The number of hydrogen-bond acceptors (Lipinski definition) is 5. The van der Waals surface area contributed by atoms with E-state index in [1.54, 1.807) is 11.3 Å². The summed E-state index contributed by atoms with van der Waals surface area (Å²) in [7, 11) is 0. The third kappa shape index (κ3) is 2.68. The van der Waals surface area contributed by atoms with Gasteiger partial charge in [-0.25, -0.2) is 4.98 Å². The van der Waals surface area contributed by atoms with E-state index in [2.05, 4.69) is 40.0 Å². The molecule has 1 saturated carbocycles. The average Bonchev–Trinajstić information content (AvgIpc) is 3.02. The largest absolute Gasteiger partial charge is 0.395 e. The molecule has 0 radical (unpaired) electrons. The molecule has 0 saturated heterocycles. The van der Waals surface area contributed by atoms with Crippen molar-refractivity contribution in [3.05, 3.63) is 17.3 Å². The van der Waals surface area contributed by atoms with Crippen LogP contribution < -0.4 is 10.2 Å². The molecule has 0 amide bonds. The Morgan fingerprint density at radius 1 is 1.55 bits per heavy atom. The van der Waals surface area contributed by atoms with Gasteiger partial charge < -0.3 is 15.3 Å². The normalized spacial score (nSPS) is 15.4. The van der Waals surface area contributed by atoms with Gasteiger partial charge in [0.1, 0.15) is 0 Å². The molecule has 20 heavy (non-hydrogen) atoms. The van der Waals surface area contributed by atoms with Gasteiger partial charge in [-0.05, 0) is 26.7 Å². The van der Waals surface area contributed by atoms with E-state index in [-0.39, 0.29) is 6.61 Å². The fraction of sp³-hybridized carbons (Fsp3) is 0.643. The molecule has 2 heterocycles. The Bertz CT molecular complexity index is 573. The van der Waals surface area contributed by atoms with Crippen molar-refractivity contribution in [2.45, 2.75) is 45.3 Å². The standard InChI is InChI=1S/C14H22N4OS/c1-10(2)17(5-7-19)13-12(9-15-11-3-4-11)18-6-8-20-14(18)16-13/h6,8,10-11,15,19H,3-5,7,9H2,1-2H3. The van der Waals surface area contributed by atoms with Crippen LogP contribution >= 0.6 is 11.3 Å². The molecule has 110 valence electrons. The lowest BCUT2D eigenvalue weighted by molar-refractivity contribution is 0.298. The van der Waals surface area contributed by atoms with Gasteiger partial charge >= 0.3 is 0 Å². The van der Waals surface area contributed by atoms with E-state index >= 15 is 0 Å². The van der Waals surface area contributed by atoms with Crippen molar-refractivity contribution in [2.24, 2.45) is 0 Å². The smallest absolute Gasteiger partial charge is 0.195 e. The number of aliphatic hydroxyl groups is 1. The Kier molecular flexibility index (Phi) is 3.96. The van der Waals surface area contributed by atoms with Crippen molar-refractivity contribution in [1.29, 1.82) is 0 Å². The second-order valence-electron chi connectivity index (χ2n) is 5.60. The van der Waals surface area contributed by atoms with Crippen LogP contribution in [0.25, 0.3) is 4.96 Å². The van der Waals surface area contributed by atoms with Crippen LogP contribution in [-0.4, -0.2) is 39.7 Å². The molecule has 2 aromatic heterocycles. The topological polar surface area (TPSA) is 52.8 Å². The van der Waals surface area contributed by atoms with Crippen LogP contribution in [0.2, 0.25) is 0 Å². The third-order valence-electron chi connectivity index (χ3n) is 3.71. The number of aromatic nitrogens is 2. The Labute approximate surface area is 123 Å². The van der Waals surface area contributed by atoms with Gasteiger partial charge in [-0.1, -0.05) is 0 Å². The number of thiazole rings is 1. The first kappa shape index (κ1) is 13.9. The van der Waals surface area contributed by atoms with Gasteiger partial charge in [0.25, 0.3) is 0 Å². The molecule has 6 heteroatoms. The number of rotatable bonds is 7. The molecule has 0 spiro atoms. The lowest BCUT2D eigenvalue weighted by atomic mass is 10.3. The van der Waals surface area contributed by atoms with Gasteiger partial charge in [0, 0.05) is 36.8 Å². The van der Waals surface area contributed by atoms with E-state index in [1.807, 2.05) is 0 Å². The van der Waals surface area contributed by atoms with E-state index in [0.717, 1.165) is 17.3 Å². The van der Waals surface area contributed by atoms with Gasteiger partial charge in [0.15, 0.2) is 10.8 Å². The summed E-state index contributed by atoms with van der Waals surface area (Å²) < 4.78 is 2.17. The summed E-state index contributed by atoms with van der Waals surface area (Å²) >= 11 is 1.65. The Morgan fingerprint density at radius 3 is 3.00 bits per heavy atom. The molecule has 0 unspecified atom stereocenters. The minimum Gasteiger partial charge on any atom is -0.395 e. The third-order valence-corrected chi connectivity index (χ3v) is 4.47. The molecular weight excluding hydrogens is 272 g/mol. The first-order valence-electron chi connectivity index (χ1n) is 7.26. The van der Waals surface area contributed by atoms with E-state index in [0.29, 0.717) is 18.6 Å². The predicted molar refractivity (Wildman–Crippen MR) is 82.5 cm³/mol. The number of nitrogens with zero attached hydrogens (tertiary/aromatic N) is 3. The van der Waals surface area contributed by atoms with Crippen LogP contribution in [0.5, 0.6) is 0 Å². The summed E-state index contributed by atoms with van der Waals surface area (Å²) in [5, 5.41) is 14.9. The number of aliphatic hydroxyl groups excluding tert-OH is 1. The summed E-state index contributed by atoms with van der Waals surface area (Å²) in [4.78, 5) is 7.98. The van der Waals surface area contributed by atoms with E-state index < -0.39 is 0 Å². The molecule has 0 bridgehead atoms. The Balaban J connectivity index is 1.93. The molecule has 5 nitrogen and oxygen atoms in total. The number of hydrogen-bond donors (Lipinski definition) is 2. The quantitative estimate of drug-likeness (QED) is 0.818. The zero-order chi connectivity index (χ0) is 14.1. The second-order valence-corrected chi connectivity index (χ2v) is 6.48. The van der Waals surface area contributed by atoms with E-state index in [4.69, 9.17) is 4.98 Å². The lowest BCUT2D eigenvalue weighted by Crippen LogP contribution is -2.35. The Hall–Kier alpha value is -1.11. The van der Waals surface area contributed by atoms with Crippen molar-refractivity contribution in [3.8, 4) is 0 Å². The number of anilines is 1. The number of nitrogens with one attached hydrogen (secondary N) is 1. The maximum Gasteiger partial charge on any atom is 0.195 e. The predicted octanol–water partition coefficient (Wildman–Crippen LogP) is 1.85. The van der Waals surface area contributed by atoms with Crippen molar-refractivity contribution in [1.82, 2.24) is 14.7 Å². The van der Waals surface area contributed by atoms with Gasteiger partial charge in [0.2, 0.25) is 0 Å². The molecule has 2 N–H and O–H groups in total. The van der Waals surface area contributed by atoms with Crippen molar-refractivity contribution in [3.63, 3.8) is 0 Å². The van der Waals surface area contributed by atoms with Crippen molar-refractivity contribution in [2.75, 3.05) is 18.1 Å². The highest BCUT2D eigenvalue weighted by Gasteiger charge is 2.24. The molecule has 3 rings (SSSR count). The van der Waals surface area contributed by atoms with Crippen LogP contribution in [0, 0.1) is 0 Å². The molecule has 0 atom stereocenters. The molecule has 0 aromatic carbocycles. The highest BCUT2D eigenvalue weighted by Crippen LogP contribution is 2.27. The van der Waals surface area contributed by atoms with Crippen LogP contribution in [0.4, 0.5) is 5.82 Å². The van der Waals surface area contributed by atoms with Gasteiger partial charge in [0.05, 0.1) is 12.3 Å². The minimum atomic E-state index is 0.152. The summed E-state index contributed by atoms with van der Waals surface area (Å²) in [5.41, 5.74) is 1.20. The van der Waals surface area contributed by atoms with Crippen molar-refractivity contribution < 1.29 is 5.11 Å². The summed E-state index contributed by atoms with van der Waals surface area (Å²) in [6.07, 6.45) is 4.65. The average molecular weight is 294 g/mol. The molecule has 1 aliphatic carbocycles. The van der Waals surface area contributed by atoms with Gasteiger partial charge in [-0.15, -0.1) is 11.3 Å². The van der Waals surface area contributed by atoms with Gasteiger partial charge in [-0.3, -0.25) is 4.40 Å². The second kappa shape index (κ2) is 5.71. The van der Waals surface area contributed by atoms with Crippen LogP contribution in [0.3, 0.4) is 0 Å². The van der Waals surface area contributed by atoms with Crippen LogP contribution in [0.1, 0.15) is 32.4 Å². The first-order chi connectivity index (χ1) is 9.70. The van der Waals surface area contributed by atoms with Crippen LogP contribution in [-0.2, 0) is 6.54 Å². The fourth-order valence-corrected chi connectivity index (χ4v) is 3.19. The maximum absolute atomic E-state index is 9.30. The fourth-order valence-electron chi connectivity index (χ4n) is 2.46. The Morgan fingerprint density at radius 2 is 2.35 bits per heavy atom. The van der Waals surface area contributed by atoms with E-state index in [1.165, 1.54) is 18.5 Å². The monoisotopic (exact) mass is 294 g/mol. The molecule has 1 aliphatic rings. The summed E-state index contributed by atoms with van der Waals surface area (Å²) in [6, 6.07) is 1.00. The minimum absolute atomic E-state index is 0.152.